The van der Waals surface area contributed by atoms with Crippen LogP contribution in [-0.2, 0) is 22.2 Å². The monoisotopic (exact) mass is 302 g/mol. The van der Waals surface area contributed by atoms with Crippen molar-refractivity contribution in [3.8, 4) is 5.75 Å². The van der Waals surface area contributed by atoms with E-state index < -0.39 is 17.8 Å². The van der Waals surface area contributed by atoms with E-state index in [-0.39, 0.29) is 30.5 Å². The second kappa shape index (κ2) is 5.63. The lowest BCUT2D eigenvalue weighted by atomic mass is 10.0. The second-order valence-electron chi connectivity index (χ2n) is 4.57. The Balaban J connectivity index is 2.21. The number of ether oxygens (including phenoxy) is 1. The summed E-state index contributed by atoms with van der Waals surface area (Å²) in [5.41, 5.74) is -0.423. The van der Waals surface area contributed by atoms with Crippen molar-refractivity contribution in [3.63, 3.8) is 0 Å². The van der Waals surface area contributed by atoms with Gasteiger partial charge >= 0.3 is 6.18 Å². The van der Waals surface area contributed by atoms with Crippen molar-refractivity contribution in [2.24, 2.45) is 0 Å². The highest BCUT2D eigenvalue weighted by molar-refractivity contribution is 5.94. The quantitative estimate of drug-likeness (QED) is 0.870. The van der Waals surface area contributed by atoms with Gasteiger partial charge in [0.15, 0.2) is 0 Å². The van der Waals surface area contributed by atoms with Gasteiger partial charge in [0.2, 0.25) is 11.8 Å². The molecule has 1 aliphatic rings. The maximum Gasteiger partial charge on any atom is 0.419 e. The van der Waals surface area contributed by atoms with Crippen molar-refractivity contribution in [1.29, 1.82) is 0 Å². The van der Waals surface area contributed by atoms with Crippen LogP contribution in [0.15, 0.2) is 18.2 Å². The standard InChI is InChI=1S/C13H13F3N2O3/c1-21-10-5-7(2-3-8(10)13(14,15)16)4-9-12(20)17-6-11(19)18-9/h2-3,5,9H,4,6H2,1H3,(H,17,20)(H,18,19). The van der Waals surface area contributed by atoms with Crippen molar-refractivity contribution in [2.45, 2.75) is 18.6 Å². The lowest BCUT2D eigenvalue weighted by Gasteiger charge is -2.23. The molecule has 2 amide bonds. The first-order valence-electron chi connectivity index (χ1n) is 6.12. The molecule has 0 saturated carbocycles. The minimum atomic E-state index is -4.51. The van der Waals surface area contributed by atoms with Crippen LogP contribution in [0.1, 0.15) is 11.1 Å². The highest BCUT2D eigenvalue weighted by Gasteiger charge is 2.34. The Morgan fingerprint density at radius 3 is 2.67 bits per heavy atom. The first-order chi connectivity index (χ1) is 9.81. The predicted octanol–water partition coefficient (Wildman–Crippen LogP) is 0.871. The number of nitrogens with one attached hydrogen (secondary N) is 2. The fourth-order valence-electron chi connectivity index (χ4n) is 2.08. The van der Waals surface area contributed by atoms with E-state index >= 15 is 0 Å². The molecule has 1 aliphatic heterocycles. The first-order valence-corrected chi connectivity index (χ1v) is 6.12. The van der Waals surface area contributed by atoms with Crippen molar-refractivity contribution < 1.29 is 27.5 Å². The number of hydrogen-bond acceptors (Lipinski definition) is 3. The Morgan fingerprint density at radius 1 is 1.33 bits per heavy atom. The summed E-state index contributed by atoms with van der Waals surface area (Å²) in [6.45, 7) is -0.0916. The minimum absolute atomic E-state index is 0.0894. The highest BCUT2D eigenvalue weighted by atomic mass is 19.4. The lowest BCUT2D eigenvalue weighted by Crippen LogP contribution is -2.56. The van der Waals surface area contributed by atoms with Crippen LogP contribution < -0.4 is 15.4 Å². The van der Waals surface area contributed by atoms with Crippen LogP contribution in [0.4, 0.5) is 13.2 Å². The summed E-state index contributed by atoms with van der Waals surface area (Å²) in [5, 5.41) is 4.89. The molecule has 21 heavy (non-hydrogen) atoms. The van der Waals surface area contributed by atoms with Crippen molar-refractivity contribution in [3.05, 3.63) is 29.3 Å². The van der Waals surface area contributed by atoms with Gasteiger partial charge in [-0.15, -0.1) is 0 Å². The zero-order valence-electron chi connectivity index (χ0n) is 11.1. The zero-order valence-corrected chi connectivity index (χ0v) is 11.1. The van der Waals surface area contributed by atoms with E-state index in [2.05, 4.69) is 10.6 Å². The lowest BCUT2D eigenvalue weighted by molar-refractivity contribution is -0.138. The van der Waals surface area contributed by atoms with Crippen molar-refractivity contribution in [2.75, 3.05) is 13.7 Å². The van der Waals surface area contributed by atoms with Gasteiger partial charge in [-0.1, -0.05) is 6.07 Å². The molecule has 1 aromatic carbocycles. The number of amides is 2. The van der Waals surface area contributed by atoms with Gasteiger partial charge in [-0.3, -0.25) is 9.59 Å². The highest BCUT2D eigenvalue weighted by Crippen LogP contribution is 2.36. The van der Waals surface area contributed by atoms with Gasteiger partial charge in [-0.2, -0.15) is 13.2 Å². The third kappa shape index (κ3) is 3.45. The predicted molar refractivity (Wildman–Crippen MR) is 66.6 cm³/mol. The van der Waals surface area contributed by atoms with Gasteiger partial charge in [0.1, 0.15) is 11.8 Å². The summed E-state index contributed by atoms with van der Waals surface area (Å²) >= 11 is 0. The number of alkyl halides is 3. The normalized spacial score (nSPS) is 19.0. The summed E-state index contributed by atoms with van der Waals surface area (Å²) in [4.78, 5) is 22.8. The Labute approximate surface area is 118 Å². The number of hydrogen-bond donors (Lipinski definition) is 2. The zero-order chi connectivity index (χ0) is 15.6. The Hall–Kier alpha value is -2.25. The molecule has 0 radical (unpaired) electrons. The van der Waals surface area contributed by atoms with E-state index in [1.165, 1.54) is 12.1 Å². The van der Waals surface area contributed by atoms with Gasteiger partial charge in [0.25, 0.3) is 0 Å². The van der Waals surface area contributed by atoms with E-state index in [1.54, 1.807) is 0 Å². The molecule has 1 fully saturated rings. The maximum atomic E-state index is 12.7. The van der Waals surface area contributed by atoms with Crippen LogP contribution >= 0.6 is 0 Å². The molecule has 2 N–H and O–H groups in total. The molecule has 2 rings (SSSR count). The van der Waals surface area contributed by atoms with Crippen LogP contribution in [0.25, 0.3) is 0 Å². The number of piperazine rings is 1. The fraction of sp³-hybridized carbons (Fsp3) is 0.385. The molecule has 0 aromatic heterocycles. The smallest absolute Gasteiger partial charge is 0.419 e. The average molecular weight is 302 g/mol. The van der Waals surface area contributed by atoms with Crippen LogP contribution in [0.5, 0.6) is 5.75 Å². The van der Waals surface area contributed by atoms with Crippen molar-refractivity contribution in [1.82, 2.24) is 10.6 Å². The summed E-state index contributed by atoms with van der Waals surface area (Å²) < 4.78 is 43.0. The number of halogens is 3. The molecule has 0 bridgehead atoms. The van der Waals surface area contributed by atoms with Gasteiger partial charge < -0.3 is 15.4 Å². The van der Waals surface area contributed by atoms with E-state index in [4.69, 9.17) is 4.74 Å². The molecule has 1 saturated heterocycles. The number of carbonyl (C=O) groups excluding carboxylic acids is 2. The molecule has 1 aromatic rings. The first kappa shape index (κ1) is 15.1. The molecular weight excluding hydrogens is 289 g/mol. The Morgan fingerprint density at radius 2 is 2.05 bits per heavy atom. The molecular formula is C13H13F3N2O3. The van der Waals surface area contributed by atoms with Crippen LogP contribution in [-0.4, -0.2) is 31.5 Å². The number of methoxy groups -OCH3 is 1. The molecule has 0 aliphatic carbocycles. The van der Waals surface area contributed by atoms with Gasteiger partial charge in [0.05, 0.1) is 19.2 Å². The fourth-order valence-corrected chi connectivity index (χ4v) is 2.08. The van der Waals surface area contributed by atoms with E-state index in [0.29, 0.717) is 5.56 Å². The topological polar surface area (TPSA) is 67.4 Å². The molecule has 1 unspecified atom stereocenters. The van der Waals surface area contributed by atoms with Gasteiger partial charge in [-0.25, -0.2) is 0 Å². The SMILES string of the molecule is COc1cc(CC2NC(=O)CNC2=O)ccc1C(F)(F)F. The molecule has 114 valence electrons. The molecule has 1 atom stereocenters. The second-order valence-corrected chi connectivity index (χ2v) is 4.57. The summed E-state index contributed by atoms with van der Waals surface area (Å²) in [7, 11) is 1.14. The Bertz CT molecular complexity index is 572. The largest absolute Gasteiger partial charge is 0.496 e. The number of rotatable bonds is 3. The summed E-state index contributed by atoms with van der Waals surface area (Å²) in [5.74, 6) is -1.02. The van der Waals surface area contributed by atoms with Gasteiger partial charge in [0, 0.05) is 6.42 Å². The van der Waals surface area contributed by atoms with Crippen molar-refractivity contribution >= 4 is 11.8 Å². The Kier molecular flexibility index (Phi) is 4.06. The maximum absolute atomic E-state index is 12.7. The molecule has 1 heterocycles. The van der Waals surface area contributed by atoms with E-state index in [1.807, 2.05) is 0 Å². The van der Waals surface area contributed by atoms with Crippen LogP contribution in [0.2, 0.25) is 0 Å². The third-order valence-electron chi connectivity index (χ3n) is 3.09. The van der Waals surface area contributed by atoms with Crippen LogP contribution in [0, 0.1) is 0 Å². The van der Waals surface area contributed by atoms with Gasteiger partial charge in [-0.05, 0) is 17.7 Å². The average Bonchev–Trinajstić information content (AvgIpc) is 2.41. The van der Waals surface area contributed by atoms with E-state index in [9.17, 15) is 22.8 Å². The third-order valence-corrected chi connectivity index (χ3v) is 3.09. The molecule has 5 nitrogen and oxygen atoms in total. The summed E-state index contributed by atoms with van der Waals surface area (Å²) in [6, 6.07) is 2.58. The molecule has 0 spiro atoms. The summed E-state index contributed by atoms with van der Waals surface area (Å²) in [6.07, 6.45) is -4.42. The molecule has 8 heteroatoms. The van der Waals surface area contributed by atoms with E-state index in [0.717, 1.165) is 13.2 Å². The number of benzene rings is 1. The number of carbonyl (C=O) groups is 2. The minimum Gasteiger partial charge on any atom is -0.496 e. The van der Waals surface area contributed by atoms with Crippen LogP contribution in [0.3, 0.4) is 0 Å².